The minimum absolute atomic E-state index is 0.0732. The van der Waals surface area contributed by atoms with Crippen molar-refractivity contribution in [3.8, 4) is 5.75 Å². The maximum absolute atomic E-state index is 12.7. The molecule has 1 aliphatic rings. The largest absolute Gasteiger partial charge is 0.496 e. The molecule has 4 rings (SSSR count). The molecule has 1 amide bonds. The van der Waals surface area contributed by atoms with Crippen LogP contribution in [0, 0.1) is 0 Å². The number of carbonyl (C=O) groups excluding carboxylic acids is 1. The zero-order valence-corrected chi connectivity index (χ0v) is 19.4. The molecule has 0 fully saturated rings. The standard InChI is InChI=1S/C22H21BrN2O2S2/c1-14-13-25(17-5-3-4-6-19(17)28-14)21-10-9-20(29-21)22(26)24-12-15-11-16(23)7-8-18(15)27-2/h3-11,14H,12-13H2,1-2H3,(H,24,26). The van der Waals surface area contributed by atoms with E-state index in [1.54, 1.807) is 7.11 Å². The van der Waals surface area contributed by atoms with Crippen LogP contribution in [0.2, 0.25) is 0 Å². The van der Waals surface area contributed by atoms with E-state index >= 15 is 0 Å². The number of amides is 1. The molecule has 0 radical (unpaired) electrons. The van der Waals surface area contributed by atoms with Gasteiger partial charge in [0, 0.05) is 33.3 Å². The predicted octanol–water partition coefficient (Wildman–Crippen LogP) is 6.08. The van der Waals surface area contributed by atoms with Gasteiger partial charge in [-0.3, -0.25) is 4.79 Å². The van der Waals surface area contributed by atoms with Gasteiger partial charge in [-0.05, 0) is 42.5 Å². The third-order valence-corrected chi connectivity index (χ3v) is 7.44. The molecule has 0 spiro atoms. The molecule has 1 atom stereocenters. The summed E-state index contributed by atoms with van der Waals surface area (Å²) in [6.07, 6.45) is 0. The summed E-state index contributed by atoms with van der Waals surface area (Å²) in [5.74, 6) is 0.688. The smallest absolute Gasteiger partial charge is 0.261 e. The van der Waals surface area contributed by atoms with Gasteiger partial charge in [-0.1, -0.05) is 35.0 Å². The minimum Gasteiger partial charge on any atom is -0.496 e. The summed E-state index contributed by atoms with van der Waals surface area (Å²) >= 11 is 6.90. The molecule has 2 heterocycles. The Morgan fingerprint density at radius 1 is 1.24 bits per heavy atom. The van der Waals surface area contributed by atoms with Crippen LogP contribution < -0.4 is 15.0 Å². The van der Waals surface area contributed by atoms with E-state index in [1.807, 2.05) is 42.1 Å². The van der Waals surface area contributed by atoms with E-state index in [0.29, 0.717) is 16.7 Å². The number of para-hydroxylation sites is 1. The number of methoxy groups -OCH3 is 1. The summed E-state index contributed by atoms with van der Waals surface area (Å²) in [6.45, 7) is 3.58. The monoisotopic (exact) mass is 488 g/mol. The number of anilines is 2. The highest BCUT2D eigenvalue weighted by atomic mass is 79.9. The van der Waals surface area contributed by atoms with Crippen molar-refractivity contribution in [1.29, 1.82) is 0 Å². The van der Waals surface area contributed by atoms with Gasteiger partial charge in [0.1, 0.15) is 5.75 Å². The molecule has 150 valence electrons. The predicted molar refractivity (Wildman–Crippen MR) is 125 cm³/mol. The number of hydrogen-bond donors (Lipinski definition) is 1. The lowest BCUT2D eigenvalue weighted by Crippen LogP contribution is -2.28. The minimum atomic E-state index is -0.0732. The van der Waals surface area contributed by atoms with E-state index in [2.05, 4.69) is 57.3 Å². The number of halogens is 1. The second-order valence-electron chi connectivity index (χ2n) is 6.78. The molecule has 0 saturated carbocycles. The van der Waals surface area contributed by atoms with Crippen molar-refractivity contribution in [3.05, 3.63) is 69.5 Å². The highest BCUT2D eigenvalue weighted by Crippen LogP contribution is 2.43. The van der Waals surface area contributed by atoms with Crippen molar-refractivity contribution in [3.63, 3.8) is 0 Å². The number of rotatable bonds is 5. The highest BCUT2D eigenvalue weighted by molar-refractivity contribution is 9.10. The fourth-order valence-corrected chi connectivity index (χ4v) is 5.81. The first-order valence-corrected chi connectivity index (χ1v) is 11.8. The molecule has 29 heavy (non-hydrogen) atoms. The van der Waals surface area contributed by atoms with Gasteiger partial charge in [0.15, 0.2) is 0 Å². The SMILES string of the molecule is COc1ccc(Br)cc1CNC(=O)c1ccc(N2CC(C)Sc3ccccc32)s1. The summed E-state index contributed by atoms with van der Waals surface area (Å²) in [5, 5.41) is 4.60. The summed E-state index contributed by atoms with van der Waals surface area (Å²) in [7, 11) is 1.63. The molecule has 1 aromatic heterocycles. The van der Waals surface area contributed by atoms with Crippen LogP contribution in [0.4, 0.5) is 10.7 Å². The Balaban J connectivity index is 1.50. The van der Waals surface area contributed by atoms with Gasteiger partial charge >= 0.3 is 0 Å². The number of thiophene rings is 1. The number of thioether (sulfide) groups is 1. The van der Waals surface area contributed by atoms with Crippen molar-refractivity contribution in [2.75, 3.05) is 18.6 Å². The number of nitrogens with zero attached hydrogens (tertiary/aromatic N) is 1. The van der Waals surface area contributed by atoms with E-state index in [1.165, 1.54) is 21.9 Å². The van der Waals surface area contributed by atoms with Crippen LogP contribution in [-0.2, 0) is 6.54 Å². The molecule has 0 saturated heterocycles. The average Bonchev–Trinajstić information content (AvgIpc) is 3.21. The Kier molecular flexibility index (Phi) is 6.18. The zero-order valence-electron chi connectivity index (χ0n) is 16.1. The zero-order chi connectivity index (χ0) is 20.4. The lowest BCUT2D eigenvalue weighted by Gasteiger charge is -2.33. The van der Waals surface area contributed by atoms with Crippen molar-refractivity contribution >= 4 is 55.6 Å². The Morgan fingerprint density at radius 2 is 2.07 bits per heavy atom. The summed E-state index contributed by atoms with van der Waals surface area (Å²) in [6, 6.07) is 18.2. The van der Waals surface area contributed by atoms with E-state index in [0.717, 1.165) is 27.3 Å². The molecule has 0 aliphatic carbocycles. The normalized spacial score (nSPS) is 15.7. The molecular weight excluding hydrogens is 468 g/mol. The Labute approximate surface area is 187 Å². The van der Waals surface area contributed by atoms with E-state index in [4.69, 9.17) is 4.74 Å². The Hall–Kier alpha value is -1.96. The van der Waals surface area contributed by atoms with Crippen LogP contribution in [0.5, 0.6) is 5.75 Å². The number of fused-ring (bicyclic) bond motifs is 1. The quantitative estimate of drug-likeness (QED) is 0.472. The van der Waals surface area contributed by atoms with Crippen molar-refractivity contribution in [1.82, 2.24) is 5.32 Å². The van der Waals surface area contributed by atoms with Crippen molar-refractivity contribution in [2.45, 2.75) is 23.6 Å². The first kappa shape index (κ1) is 20.3. The second-order valence-corrected chi connectivity index (χ2v) is 10.2. The lowest BCUT2D eigenvalue weighted by atomic mass is 10.2. The van der Waals surface area contributed by atoms with E-state index in [9.17, 15) is 4.79 Å². The third kappa shape index (κ3) is 4.47. The molecule has 3 aromatic rings. The van der Waals surface area contributed by atoms with Crippen LogP contribution in [0.3, 0.4) is 0 Å². The lowest BCUT2D eigenvalue weighted by molar-refractivity contribution is 0.0954. The number of nitrogens with one attached hydrogen (secondary N) is 1. The highest BCUT2D eigenvalue weighted by Gasteiger charge is 2.24. The van der Waals surface area contributed by atoms with Crippen LogP contribution in [0.1, 0.15) is 22.2 Å². The summed E-state index contributed by atoms with van der Waals surface area (Å²) in [4.78, 5) is 17.0. The molecular formula is C22H21BrN2O2S2. The van der Waals surface area contributed by atoms with Gasteiger partial charge in [-0.15, -0.1) is 23.1 Å². The fraction of sp³-hybridized carbons (Fsp3) is 0.227. The maximum atomic E-state index is 12.7. The molecule has 0 bridgehead atoms. The van der Waals surface area contributed by atoms with E-state index in [-0.39, 0.29) is 5.91 Å². The molecule has 2 aromatic carbocycles. The fourth-order valence-electron chi connectivity index (χ4n) is 3.34. The van der Waals surface area contributed by atoms with Crippen LogP contribution >= 0.6 is 39.0 Å². The summed E-state index contributed by atoms with van der Waals surface area (Å²) < 4.78 is 6.34. The summed E-state index contributed by atoms with van der Waals surface area (Å²) in [5.41, 5.74) is 2.14. The Bertz CT molecular complexity index is 1040. The molecule has 1 aliphatic heterocycles. The van der Waals surface area contributed by atoms with Gasteiger partial charge in [-0.25, -0.2) is 0 Å². The second kappa shape index (κ2) is 8.81. The topological polar surface area (TPSA) is 41.6 Å². The van der Waals surface area contributed by atoms with Gasteiger partial charge in [-0.2, -0.15) is 0 Å². The third-order valence-electron chi connectivity index (χ3n) is 4.69. The first-order valence-electron chi connectivity index (χ1n) is 9.29. The first-order chi connectivity index (χ1) is 14.0. The van der Waals surface area contributed by atoms with Gasteiger partial charge in [0.25, 0.3) is 5.91 Å². The number of ether oxygens (including phenoxy) is 1. The Morgan fingerprint density at radius 3 is 2.90 bits per heavy atom. The van der Waals surface area contributed by atoms with Crippen LogP contribution in [-0.4, -0.2) is 24.8 Å². The number of carbonyl (C=O) groups is 1. The van der Waals surface area contributed by atoms with Crippen molar-refractivity contribution < 1.29 is 9.53 Å². The molecule has 1 N–H and O–H groups in total. The van der Waals surface area contributed by atoms with Crippen LogP contribution in [0.15, 0.2) is 64.0 Å². The maximum Gasteiger partial charge on any atom is 0.261 e. The molecule has 7 heteroatoms. The average molecular weight is 489 g/mol. The van der Waals surface area contributed by atoms with E-state index < -0.39 is 0 Å². The van der Waals surface area contributed by atoms with Gasteiger partial charge < -0.3 is 15.0 Å². The van der Waals surface area contributed by atoms with Gasteiger partial charge in [0.05, 0.1) is 22.7 Å². The van der Waals surface area contributed by atoms with Gasteiger partial charge in [0.2, 0.25) is 0 Å². The number of hydrogen-bond acceptors (Lipinski definition) is 5. The number of benzene rings is 2. The molecule has 1 unspecified atom stereocenters. The van der Waals surface area contributed by atoms with Crippen LogP contribution in [0.25, 0.3) is 0 Å². The molecule has 4 nitrogen and oxygen atoms in total. The van der Waals surface area contributed by atoms with Crippen molar-refractivity contribution in [2.24, 2.45) is 0 Å².